The largest absolute Gasteiger partial charge is 0.384 e. The van der Waals surface area contributed by atoms with Crippen LogP contribution in [0.1, 0.15) is 56.8 Å². The number of anilines is 1. The lowest BCUT2D eigenvalue weighted by Gasteiger charge is -2.53. The average molecular weight is 401 g/mol. The first kappa shape index (κ1) is 20.1. The number of aromatic nitrogens is 1. The average Bonchev–Trinajstić information content (AvgIpc) is 3.15. The van der Waals surface area contributed by atoms with Gasteiger partial charge in [0.05, 0.1) is 11.7 Å². The van der Waals surface area contributed by atoms with E-state index in [1.807, 2.05) is 0 Å². The fourth-order valence-electron chi connectivity index (χ4n) is 6.37. The monoisotopic (exact) mass is 400 g/mol. The normalized spacial score (nSPS) is 34.4. The summed E-state index contributed by atoms with van der Waals surface area (Å²) >= 11 is 0. The molecule has 2 heterocycles. The Kier molecular flexibility index (Phi) is 5.05. The van der Waals surface area contributed by atoms with Gasteiger partial charge in [0.1, 0.15) is 5.82 Å². The molecule has 1 spiro atoms. The Morgan fingerprint density at radius 3 is 2.83 bits per heavy atom. The molecule has 1 aromatic rings. The van der Waals surface area contributed by atoms with Gasteiger partial charge in [0.2, 0.25) is 5.91 Å². The number of hydrogen-bond donors (Lipinski definition) is 3. The molecule has 0 radical (unpaired) electrons. The van der Waals surface area contributed by atoms with Crippen LogP contribution in [0.15, 0.2) is 18.3 Å². The van der Waals surface area contributed by atoms with Crippen molar-refractivity contribution in [1.29, 1.82) is 0 Å². The minimum absolute atomic E-state index is 0.0520. The molecule has 4 N–H and O–H groups in total. The van der Waals surface area contributed by atoms with Gasteiger partial charge in [0, 0.05) is 32.3 Å². The summed E-state index contributed by atoms with van der Waals surface area (Å²) in [6.07, 6.45) is 5.70. The summed E-state index contributed by atoms with van der Waals surface area (Å²) < 4.78 is 6.17. The topological polar surface area (TPSA) is 106 Å². The second-order valence-electron chi connectivity index (χ2n) is 9.61. The number of carbonyl (C=O) groups excluding carboxylic acids is 2. The molecule has 4 rings (SSSR count). The van der Waals surface area contributed by atoms with Crippen LogP contribution in [0.2, 0.25) is 0 Å². The van der Waals surface area contributed by atoms with Crippen LogP contribution in [0.25, 0.3) is 0 Å². The lowest BCUT2D eigenvalue weighted by atomic mass is 9.59. The smallest absolute Gasteiger partial charge is 0.252 e. The molecule has 1 aromatic heterocycles. The van der Waals surface area contributed by atoms with Gasteiger partial charge in [-0.2, -0.15) is 0 Å². The molecule has 0 aromatic carbocycles. The fraction of sp³-hybridized carbons (Fsp3) is 0.682. The molecule has 29 heavy (non-hydrogen) atoms. The number of fused-ring (bicyclic) bond motifs is 1. The quantitative estimate of drug-likeness (QED) is 0.702. The number of hydrogen-bond acceptors (Lipinski definition) is 5. The van der Waals surface area contributed by atoms with E-state index in [9.17, 15) is 9.59 Å². The van der Waals surface area contributed by atoms with Crippen LogP contribution in [-0.2, 0) is 9.53 Å². The summed E-state index contributed by atoms with van der Waals surface area (Å²) in [7, 11) is 0. The van der Waals surface area contributed by atoms with Crippen molar-refractivity contribution < 1.29 is 14.3 Å². The summed E-state index contributed by atoms with van der Waals surface area (Å²) in [5.41, 5.74) is 6.32. The highest BCUT2D eigenvalue weighted by Crippen LogP contribution is 2.68. The van der Waals surface area contributed by atoms with Crippen LogP contribution in [0, 0.1) is 22.7 Å². The third-order valence-corrected chi connectivity index (χ3v) is 7.73. The Balaban J connectivity index is 1.41. The molecule has 1 aliphatic heterocycles. The highest BCUT2D eigenvalue weighted by molar-refractivity contribution is 5.93. The highest BCUT2D eigenvalue weighted by atomic mass is 16.5. The first-order valence-corrected chi connectivity index (χ1v) is 10.6. The number of ether oxygens (including phenoxy) is 1. The molecule has 3 fully saturated rings. The van der Waals surface area contributed by atoms with Gasteiger partial charge in [-0.3, -0.25) is 9.59 Å². The van der Waals surface area contributed by atoms with E-state index in [0.717, 1.165) is 25.9 Å². The van der Waals surface area contributed by atoms with E-state index < -0.39 is 0 Å². The Bertz CT molecular complexity index is 794. The van der Waals surface area contributed by atoms with Crippen LogP contribution in [0.4, 0.5) is 5.82 Å². The maximum absolute atomic E-state index is 12.3. The molecule has 2 aliphatic carbocycles. The summed E-state index contributed by atoms with van der Waals surface area (Å²) in [6.45, 7) is 7.49. The Hall–Kier alpha value is -2.15. The number of amides is 2. The summed E-state index contributed by atoms with van der Waals surface area (Å²) in [5.74, 6) is 1.34. The van der Waals surface area contributed by atoms with Gasteiger partial charge in [-0.05, 0) is 60.5 Å². The molecule has 1 unspecified atom stereocenters. The number of pyridine rings is 1. The van der Waals surface area contributed by atoms with Crippen molar-refractivity contribution in [3.63, 3.8) is 0 Å². The van der Waals surface area contributed by atoms with Crippen LogP contribution in [0.5, 0.6) is 0 Å². The third kappa shape index (κ3) is 3.39. The first-order chi connectivity index (χ1) is 13.7. The van der Waals surface area contributed by atoms with E-state index in [1.54, 1.807) is 19.1 Å². The van der Waals surface area contributed by atoms with Crippen molar-refractivity contribution in [3.8, 4) is 0 Å². The molecule has 7 heteroatoms. The van der Waals surface area contributed by atoms with Gasteiger partial charge >= 0.3 is 0 Å². The van der Waals surface area contributed by atoms with Gasteiger partial charge in [0.15, 0.2) is 0 Å². The molecule has 1 saturated heterocycles. The standard InChI is InChI=1S/C22H32N4O3/c1-13(27)26-20-21(2,3)15-10-16-17(29-9-7-22(16,20)11-15)6-8-24-19(28)14-4-5-18(23)25-12-14/h4-5,12,15-17,20H,6-11H2,1-3H3,(H2,23,25)(H,24,28)(H,26,27)/t15-,16-,17-,20-,22?/m1/s1. The van der Waals surface area contributed by atoms with Crippen LogP contribution >= 0.6 is 0 Å². The Morgan fingerprint density at radius 2 is 2.14 bits per heavy atom. The van der Waals surface area contributed by atoms with Crippen molar-refractivity contribution in [2.75, 3.05) is 18.9 Å². The fourth-order valence-corrected chi connectivity index (χ4v) is 6.37. The van der Waals surface area contributed by atoms with E-state index in [-0.39, 0.29) is 34.8 Å². The number of rotatable bonds is 5. The maximum Gasteiger partial charge on any atom is 0.252 e. The van der Waals surface area contributed by atoms with E-state index in [1.165, 1.54) is 12.6 Å². The van der Waals surface area contributed by atoms with Gasteiger partial charge in [0.25, 0.3) is 5.91 Å². The number of nitrogens with zero attached hydrogens (tertiary/aromatic N) is 1. The van der Waals surface area contributed by atoms with Gasteiger partial charge < -0.3 is 21.1 Å². The summed E-state index contributed by atoms with van der Waals surface area (Å²) in [6, 6.07) is 3.50. The lowest BCUT2D eigenvalue weighted by Crippen LogP contribution is -2.60. The predicted octanol–water partition coefficient (Wildman–Crippen LogP) is 2.13. The molecular weight excluding hydrogens is 368 g/mol. The minimum atomic E-state index is -0.145. The van der Waals surface area contributed by atoms with Crippen LogP contribution < -0.4 is 16.4 Å². The van der Waals surface area contributed by atoms with E-state index >= 15 is 0 Å². The summed E-state index contributed by atoms with van der Waals surface area (Å²) in [4.78, 5) is 28.2. The second-order valence-corrected chi connectivity index (χ2v) is 9.61. The van der Waals surface area contributed by atoms with E-state index in [0.29, 0.717) is 29.8 Å². The van der Waals surface area contributed by atoms with E-state index in [4.69, 9.17) is 10.5 Å². The highest BCUT2D eigenvalue weighted by Gasteiger charge is 2.68. The van der Waals surface area contributed by atoms with Crippen molar-refractivity contribution in [1.82, 2.24) is 15.6 Å². The zero-order valence-electron chi connectivity index (χ0n) is 17.5. The lowest BCUT2D eigenvalue weighted by molar-refractivity contribution is -0.135. The maximum atomic E-state index is 12.3. The molecule has 2 bridgehead atoms. The molecular formula is C22H32N4O3. The van der Waals surface area contributed by atoms with Crippen molar-refractivity contribution in [2.45, 2.75) is 58.6 Å². The van der Waals surface area contributed by atoms with Crippen LogP contribution in [-0.4, -0.2) is 42.1 Å². The SMILES string of the molecule is CC(=O)N[C@@H]1C(C)(C)[C@@H]2C[C@@H]3[C@@H](CCNC(=O)c4ccc(N)nc4)OCCC31C2. The molecule has 158 valence electrons. The zero-order valence-corrected chi connectivity index (χ0v) is 17.5. The van der Waals surface area contributed by atoms with E-state index in [2.05, 4.69) is 29.5 Å². The third-order valence-electron chi connectivity index (χ3n) is 7.73. The molecule has 2 saturated carbocycles. The number of nitrogen functional groups attached to an aromatic ring is 1. The zero-order chi connectivity index (χ0) is 20.8. The van der Waals surface area contributed by atoms with Crippen molar-refractivity contribution >= 4 is 17.6 Å². The van der Waals surface area contributed by atoms with Gasteiger partial charge in [-0.15, -0.1) is 0 Å². The van der Waals surface area contributed by atoms with Gasteiger partial charge in [-0.1, -0.05) is 13.8 Å². The number of nitrogens with two attached hydrogens (primary N) is 1. The molecule has 5 atom stereocenters. The number of nitrogens with one attached hydrogen (secondary N) is 2. The Morgan fingerprint density at radius 1 is 1.34 bits per heavy atom. The molecule has 3 aliphatic rings. The van der Waals surface area contributed by atoms with Crippen LogP contribution in [0.3, 0.4) is 0 Å². The first-order valence-electron chi connectivity index (χ1n) is 10.6. The van der Waals surface area contributed by atoms with Crippen molar-refractivity contribution in [3.05, 3.63) is 23.9 Å². The van der Waals surface area contributed by atoms with Crippen molar-refractivity contribution in [2.24, 2.45) is 22.7 Å². The number of carbonyl (C=O) groups is 2. The molecule has 7 nitrogen and oxygen atoms in total. The van der Waals surface area contributed by atoms with Gasteiger partial charge in [-0.25, -0.2) is 4.98 Å². The second kappa shape index (κ2) is 7.27. The Labute approximate surface area is 172 Å². The predicted molar refractivity (Wildman–Crippen MR) is 110 cm³/mol. The minimum Gasteiger partial charge on any atom is -0.384 e. The summed E-state index contributed by atoms with van der Waals surface area (Å²) in [5, 5.41) is 6.27. The molecule has 2 amide bonds.